The van der Waals surface area contributed by atoms with E-state index in [1.807, 2.05) is 53.9 Å². The molecule has 188 valence electrons. The minimum Gasteiger partial charge on any atom is -0.337 e. The number of rotatable bonds is 8. The van der Waals surface area contributed by atoms with Crippen LogP contribution in [0.1, 0.15) is 78.1 Å². The molecule has 1 saturated heterocycles. The number of hydrogen-bond acceptors (Lipinski definition) is 4. The quantitative estimate of drug-likeness (QED) is 0.359. The third-order valence-corrected chi connectivity index (χ3v) is 6.87. The average Bonchev–Trinajstić information content (AvgIpc) is 3.49. The van der Waals surface area contributed by atoms with Crippen molar-refractivity contribution in [3.63, 3.8) is 0 Å². The molecule has 1 aromatic carbocycles. The number of fused-ring (bicyclic) bond motifs is 1. The third kappa shape index (κ3) is 5.68. The van der Waals surface area contributed by atoms with Gasteiger partial charge in [-0.2, -0.15) is 5.26 Å². The SMILES string of the molecule is CCc1cc2cc(C(=O)N3CC[C@@H](C#N)C3)ccn2c1C(=O)c1ccc(CCCNC(C)(C)C)cc1. The van der Waals surface area contributed by atoms with Crippen molar-refractivity contribution in [3.05, 3.63) is 76.6 Å². The Morgan fingerprint density at radius 3 is 2.50 bits per heavy atom. The monoisotopic (exact) mass is 484 g/mol. The Kier molecular flexibility index (Phi) is 7.61. The summed E-state index contributed by atoms with van der Waals surface area (Å²) in [6.45, 7) is 10.6. The average molecular weight is 485 g/mol. The first-order valence-corrected chi connectivity index (χ1v) is 12.9. The van der Waals surface area contributed by atoms with Gasteiger partial charge < -0.3 is 14.6 Å². The zero-order valence-electron chi connectivity index (χ0n) is 21.8. The van der Waals surface area contributed by atoms with Crippen LogP contribution in [0, 0.1) is 17.2 Å². The van der Waals surface area contributed by atoms with Crippen LogP contribution in [0.4, 0.5) is 0 Å². The van der Waals surface area contributed by atoms with E-state index in [0.717, 1.165) is 43.3 Å². The van der Waals surface area contributed by atoms with Gasteiger partial charge in [-0.25, -0.2) is 0 Å². The summed E-state index contributed by atoms with van der Waals surface area (Å²) < 4.78 is 1.89. The van der Waals surface area contributed by atoms with Crippen LogP contribution in [0.25, 0.3) is 5.52 Å². The molecule has 4 rings (SSSR count). The summed E-state index contributed by atoms with van der Waals surface area (Å²) in [5.41, 5.74) is 5.05. The number of aromatic nitrogens is 1. The van der Waals surface area contributed by atoms with E-state index in [9.17, 15) is 9.59 Å². The molecule has 36 heavy (non-hydrogen) atoms. The fourth-order valence-electron chi connectivity index (χ4n) is 4.84. The predicted molar refractivity (Wildman–Crippen MR) is 142 cm³/mol. The molecule has 0 aliphatic carbocycles. The van der Waals surface area contributed by atoms with Crippen LogP contribution in [0.15, 0.2) is 48.7 Å². The van der Waals surface area contributed by atoms with Gasteiger partial charge >= 0.3 is 0 Å². The Morgan fingerprint density at radius 2 is 1.86 bits per heavy atom. The van der Waals surface area contributed by atoms with Crippen molar-refractivity contribution in [3.8, 4) is 6.07 Å². The fraction of sp³-hybridized carbons (Fsp3) is 0.433. The number of carbonyl (C=O) groups is 2. The molecular weight excluding hydrogens is 448 g/mol. The molecule has 6 nitrogen and oxygen atoms in total. The number of pyridine rings is 1. The van der Waals surface area contributed by atoms with Crippen LogP contribution >= 0.6 is 0 Å². The van der Waals surface area contributed by atoms with Crippen molar-refractivity contribution in [1.29, 1.82) is 5.26 Å². The Bertz CT molecular complexity index is 1290. The summed E-state index contributed by atoms with van der Waals surface area (Å²) in [5.74, 6) is -0.160. The lowest BCUT2D eigenvalue weighted by Gasteiger charge is -2.20. The van der Waals surface area contributed by atoms with Crippen molar-refractivity contribution in [2.24, 2.45) is 5.92 Å². The van der Waals surface area contributed by atoms with Gasteiger partial charge in [0.1, 0.15) is 0 Å². The second-order valence-electron chi connectivity index (χ2n) is 10.8. The third-order valence-electron chi connectivity index (χ3n) is 6.87. The van der Waals surface area contributed by atoms with Crippen molar-refractivity contribution in [1.82, 2.24) is 14.6 Å². The number of hydrogen-bond donors (Lipinski definition) is 1. The van der Waals surface area contributed by atoms with Gasteiger partial charge in [-0.15, -0.1) is 0 Å². The van der Waals surface area contributed by atoms with E-state index in [1.165, 1.54) is 5.56 Å². The van der Waals surface area contributed by atoms with Crippen molar-refractivity contribution < 1.29 is 9.59 Å². The summed E-state index contributed by atoms with van der Waals surface area (Å²) in [4.78, 5) is 28.3. The Morgan fingerprint density at radius 1 is 1.11 bits per heavy atom. The maximum atomic E-state index is 13.5. The Hall–Kier alpha value is -3.43. The van der Waals surface area contributed by atoms with Gasteiger partial charge in [0.05, 0.1) is 17.7 Å². The number of nitrogens with zero attached hydrogens (tertiary/aromatic N) is 3. The molecule has 0 radical (unpaired) electrons. The first-order chi connectivity index (χ1) is 17.2. The Balaban J connectivity index is 1.51. The lowest BCUT2D eigenvalue weighted by molar-refractivity contribution is 0.0789. The number of amides is 1. The summed E-state index contributed by atoms with van der Waals surface area (Å²) >= 11 is 0. The number of ketones is 1. The predicted octanol–water partition coefficient (Wildman–Crippen LogP) is 5.04. The van der Waals surface area contributed by atoms with E-state index < -0.39 is 0 Å². The zero-order chi connectivity index (χ0) is 25.9. The van der Waals surface area contributed by atoms with Gasteiger partial charge in [0.15, 0.2) is 0 Å². The highest BCUT2D eigenvalue weighted by atomic mass is 16.2. The summed E-state index contributed by atoms with van der Waals surface area (Å²) in [6.07, 6.45) is 5.28. The van der Waals surface area contributed by atoms with Crippen LogP contribution in [0.3, 0.4) is 0 Å². The molecule has 2 aromatic heterocycles. The minimum atomic E-state index is -0.0894. The van der Waals surface area contributed by atoms with Gasteiger partial charge in [-0.05, 0) is 82.3 Å². The number of likely N-dealkylation sites (tertiary alicyclic amines) is 1. The number of benzene rings is 1. The first kappa shape index (κ1) is 25.7. The van der Waals surface area contributed by atoms with E-state index in [0.29, 0.717) is 29.9 Å². The molecule has 0 unspecified atom stereocenters. The van der Waals surface area contributed by atoms with E-state index in [-0.39, 0.29) is 23.1 Å². The van der Waals surface area contributed by atoms with E-state index in [2.05, 4.69) is 32.2 Å². The molecule has 0 spiro atoms. The smallest absolute Gasteiger partial charge is 0.254 e. The van der Waals surface area contributed by atoms with Gasteiger partial charge in [0, 0.05) is 41.5 Å². The largest absolute Gasteiger partial charge is 0.337 e. The number of nitriles is 1. The molecule has 1 aliphatic heterocycles. The van der Waals surface area contributed by atoms with Gasteiger partial charge in [-0.3, -0.25) is 9.59 Å². The number of nitrogens with one attached hydrogen (secondary N) is 1. The molecule has 1 fully saturated rings. The van der Waals surface area contributed by atoms with Crippen LogP contribution in [0.5, 0.6) is 0 Å². The second-order valence-corrected chi connectivity index (χ2v) is 10.8. The molecule has 3 heterocycles. The maximum Gasteiger partial charge on any atom is 0.254 e. The molecular formula is C30H36N4O2. The highest BCUT2D eigenvalue weighted by Crippen LogP contribution is 2.24. The topological polar surface area (TPSA) is 77.6 Å². The van der Waals surface area contributed by atoms with Gasteiger partial charge in [0.2, 0.25) is 5.78 Å². The summed E-state index contributed by atoms with van der Waals surface area (Å²) in [6, 6.07) is 15.8. The maximum absolute atomic E-state index is 13.5. The lowest BCUT2D eigenvalue weighted by atomic mass is 10.0. The molecule has 1 aliphatic rings. The molecule has 0 saturated carbocycles. The van der Waals surface area contributed by atoms with E-state index in [1.54, 1.807) is 11.0 Å². The molecule has 3 aromatic rings. The van der Waals surface area contributed by atoms with Crippen LogP contribution in [-0.2, 0) is 12.8 Å². The van der Waals surface area contributed by atoms with Crippen molar-refractivity contribution in [2.75, 3.05) is 19.6 Å². The van der Waals surface area contributed by atoms with Crippen LogP contribution < -0.4 is 5.32 Å². The zero-order valence-corrected chi connectivity index (χ0v) is 21.8. The standard InChI is InChI=1S/C30H36N4O2/c1-5-23-17-26-18-25(29(36)33-15-12-22(19-31)20-33)13-16-34(26)27(23)28(35)24-10-8-21(9-11-24)7-6-14-32-30(2,3)4/h8-11,13,16-18,22,32H,5-7,12,14-15,20H2,1-4H3/t22-/m0/s1. The lowest BCUT2D eigenvalue weighted by Crippen LogP contribution is -2.36. The van der Waals surface area contributed by atoms with Gasteiger partial charge in [0.25, 0.3) is 5.91 Å². The number of carbonyl (C=O) groups excluding carboxylic acids is 2. The highest BCUT2D eigenvalue weighted by molar-refractivity contribution is 6.10. The second kappa shape index (κ2) is 10.7. The van der Waals surface area contributed by atoms with Crippen LogP contribution in [-0.4, -0.2) is 46.2 Å². The number of aryl methyl sites for hydroxylation is 2. The first-order valence-electron chi connectivity index (χ1n) is 12.9. The van der Waals surface area contributed by atoms with Crippen molar-refractivity contribution >= 4 is 17.2 Å². The summed E-state index contributed by atoms with van der Waals surface area (Å²) in [7, 11) is 0. The molecule has 1 atom stereocenters. The highest BCUT2D eigenvalue weighted by Gasteiger charge is 2.27. The molecule has 1 N–H and O–H groups in total. The van der Waals surface area contributed by atoms with Crippen molar-refractivity contribution in [2.45, 2.75) is 58.9 Å². The molecule has 6 heteroatoms. The van der Waals surface area contributed by atoms with Crippen LogP contribution in [0.2, 0.25) is 0 Å². The fourth-order valence-corrected chi connectivity index (χ4v) is 4.84. The van der Waals surface area contributed by atoms with Gasteiger partial charge in [-0.1, -0.05) is 31.2 Å². The van der Waals surface area contributed by atoms with E-state index in [4.69, 9.17) is 5.26 Å². The summed E-state index contributed by atoms with van der Waals surface area (Å²) in [5, 5.41) is 12.7. The minimum absolute atomic E-state index is 0.0109. The van der Waals surface area contributed by atoms with E-state index >= 15 is 0 Å². The normalized spacial score (nSPS) is 15.9. The molecule has 1 amide bonds. The Labute approximate surface area is 213 Å². The molecule has 0 bridgehead atoms.